The molecule has 2 heteroatoms. The van der Waals surface area contributed by atoms with Crippen molar-refractivity contribution < 1.29 is 4.79 Å². The van der Waals surface area contributed by atoms with E-state index in [-0.39, 0.29) is 6.04 Å². The summed E-state index contributed by atoms with van der Waals surface area (Å²) in [6, 6.07) is 10.5. The van der Waals surface area contributed by atoms with Gasteiger partial charge in [-0.1, -0.05) is 51.1 Å². The zero-order valence-corrected chi connectivity index (χ0v) is 13.2. The average Bonchev–Trinajstić information content (AvgIpc) is 2.60. The van der Waals surface area contributed by atoms with Gasteiger partial charge in [-0.15, -0.1) is 0 Å². The third kappa shape index (κ3) is 3.41. The molecule has 110 valence electrons. The first-order valence-corrected chi connectivity index (χ1v) is 7.74. The van der Waals surface area contributed by atoms with Crippen LogP contribution in [0.2, 0.25) is 0 Å². The highest BCUT2D eigenvalue weighted by Gasteiger charge is 2.31. The van der Waals surface area contributed by atoms with Gasteiger partial charge < -0.3 is 4.90 Å². The maximum Gasteiger partial charge on any atom is 0.223 e. The van der Waals surface area contributed by atoms with Gasteiger partial charge >= 0.3 is 0 Å². The third-order valence-corrected chi connectivity index (χ3v) is 4.72. The molecule has 0 unspecified atom stereocenters. The molecular formula is C18H27NO. The quantitative estimate of drug-likeness (QED) is 0.781. The number of hydrogen-bond donors (Lipinski definition) is 0. The van der Waals surface area contributed by atoms with Crippen LogP contribution in [-0.2, 0) is 4.79 Å². The van der Waals surface area contributed by atoms with Crippen LogP contribution in [-0.4, -0.2) is 17.4 Å². The van der Waals surface area contributed by atoms with E-state index in [1.54, 1.807) is 0 Å². The zero-order valence-electron chi connectivity index (χ0n) is 13.2. The Balaban J connectivity index is 2.11. The average molecular weight is 273 g/mol. The van der Waals surface area contributed by atoms with Gasteiger partial charge in [0.25, 0.3) is 0 Å². The van der Waals surface area contributed by atoms with Crippen LogP contribution in [0.4, 0.5) is 0 Å². The van der Waals surface area contributed by atoms with Gasteiger partial charge in [0.05, 0.1) is 6.04 Å². The summed E-state index contributed by atoms with van der Waals surface area (Å²) in [5, 5.41) is 0. The summed E-state index contributed by atoms with van der Waals surface area (Å²) < 4.78 is 0. The van der Waals surface area contributed by atoms with Crippen LogP contribution in [0, 0.1) is 11.3 Å². The van der Waals surface area contributed by atoms with Gasteiger partial charge in [0.15, 0.2) is 0 Å². The van der Waals surface area contributed by atoms with Gasteiger partial charge in [0.1, 0.15) is 0 Å². The highest BCUT2D eigenvalue weighted by molar-refractivity contribution is 5.77. The van der Waals surface area contributed by atoms with Crippen molar-refractivity contribution in [2.75, 3.05) is 6.54 Å². The van der Waals surface area contributed by atoms with Gasteiger partial charge in [-0.3, -0.25) is 4.79 Å². The summed E-state index contributed by atoms with van der Waals surface area (Å²) >= 11 is 0. The Kier molecular flexibility index (Phi) is 4.52. The summed E-state index contributed by atoms with van der Waals surface area (Å²) in [6.07, 6.45) is 2.84. The van der Waals surface area contributed by atoms with Gasteiger partial charge in [-0.2, -0.15) is 0 Å². The monoisotopic (exact) mass is 273 g/mol. The van der Waals surface area contributed by atoms with Crippen molar-refractivity contribution in [2.45, 2.75) is 53.0 Å². The van der Waals surface area contributed by atoms with E-state index >= 15 is 0 Å². The lowest BCUT2D eigenvalue weighted by Gasteiger charge is -2.31. The molecule has 2 nitrogen and oxygen atoms in total. The smallest absolute Gasteiger partial charge is 0.223 e. The largest absolute Gasteiger partial charge is 0.336 e. The summed E-state index contributed by atoms with van der Waals surface area (Å²) in [7, 11) is 0. The van der Waals surface area contributed by atoms with Crippen molar-refractivity contribution in [2.24, 2.45) is 11.3 Å². The molecule has 1 saturated heterocycles. The predicted molar refractivity (Wildman–Crippen MR) is 83.4 cm³/mol. The van der Waals surface area contributed by atoms with Crippen molar-refractivity contribution >= 4 is 5.91 Å². The first-order valence-electron chi connectivity index (χ1n) is 7.74. The van der Waals surface area contributed by atoms with Gasteiger partial charge in [0.2, 0.25) is 5.91 Å². The van der Waals surface area contributed by atoms with E-state index in [1.807, 2.05) is 18.2 Å². The second-order valence-electron chi connectivity index (χ2n) is 7.06. The molecule has 0 N–H and O–H groups in total. The number of nitrogens with zero attached hydrogens (tertiary/aromatic N) is 1. The number of hydrogen-bond acceptors (Lipinski definition) is 1. The summed E-state index contributed by atoms with van der Waals surface area (Å²) in [5.41, 5.74) is 1.53. The van der Waals surface area contributed by atoms with Crippen LogP contribution in [0.25, 0.3) is 0 Å². The molecule has 2 atom stereocenters. The van der Waals surface area contributed by atoms with Crippen LogP contribution in [0.15, 0.2) is 30.3 Å². The summed E-state index contributed by atoms with van der Waals surface area (Å²) in [5.74, 6) is 0.951. The molecule has 2 rings (SSSR count). The van der Waals surface area contributed by atoms with Gasteiger partial charge in [-0.25, -0.2) is 0 Å². The van der Waals surface area contributed by atoms with Crippen LogP contribution in [0.1, 0.15) is 58.6 Å². The second kappa shape index (κ2) is 5.99. The van der Waals surface area contributed by atoms with E-state index in [9.17, 15) is 4.79 Å². The number of likely N-dealkylation sites (tertiary alicyclic amines) is 1. The molecule has 1 aromatic carbocycles. The van der Waals surface area contributed by atoms with E-state index in [0.717, 1.165) is 19.4 Å². The van der Waals surface area contributed by atoms with Gasteiger partial charge in [0, 0.05) is 13.0 Å². The lowest BCUT2D eigenvalue weighted by atomic mass is 9.76. The SMILES string of the molecule is C[C@@H](c1ccccc1)N1CC[C@H](C(C)(C)C)CCC1=O. The molecule has 0 aromatic heterocycles. The fraction of sp³-hybridized carbons (Fsp3) is 0.611. The first-order chi connectivity index (χ1) is 9.39. The Morgan fingerprint density at radius 2 is 1.80 bits per heavy atom. The number of benzene rings is 1. The molecule has 1 heterocycles. The van der Waals surface area contributed by atoms with Crippen molar-refractivity contribution in [3.63, 3.8) is 0 Å². The molecule has 1 aliphatic heterocycles. The van der Waals surface area contributed by atoms with Crippen LogP contribution in [0.5, 0.6) is 0 Å². The predicted octanol–water partition coefficient (Wildman–Crippen LogP) is 4.42. The number of rotatable bonds is 2. The van der Waals surface area contributed by atoms with Crippen molar-refractivity contribution in [1.29, 1.82) is 0 Å². The molecular weight excluding hydrogens is 246 g/mol. The minimum absolute atomic E-state index is 0.183. The lowest BCUT2D eigenvalue weighted by Crippen LogP contribution is -2.33. The molecule has 1 amide bonds. The molecule has 0 saturated carbocycles. The van der Waals surface area contributed by atoms with E-state index < -0.39 is 0 Å². The zero-order chi connectivity index (χ0) is 14.8. The number of carbonyl (C=O) groups excluding carboxylic acids is 1. The van der Waals surface area contributed by atoms with Crippen LogP contribution in [0.3, 0.4) is 0 Å². The minimum Gasteiger partial charge on any atom is -0.336 e. The Morgan fingerprint density at radius 3 is 2.40 bits per heavy atom. The standard InChI is InChI=1S/C18H27NO/c1-14(15-8-6-5-7-9-15)19-13-12-16(18(2,3)4)10-11-17(19)20/h5-9,14,16H,10-13H2,1-4H3/t14-,16+/m0/s1. The Hall–Kier alpha value is -1.31. The van der Waals surface area contributed by atoms with Crippen molar-refractivity contribution in [1.82, 2.24) is 4.90 Å². The third-order valence-electron chi connectivity index (χ3n) is 4.72. The number of amides is 1. The maximum absolute atomic E-state index is 12.4. The molecule has 1 aromatic rings. The fourth-order valence-corrected chi connectivity index (χ4v) is 3.19. The molecule has 1 fully saturated rings. The maximum atomic E-state index is 12.4. The molecule has 0 radical (unpaired) electrons. The minimum atomic E-state index is 0.183. The molecule has 0 spiro atoms. The van der Waals surface area contributed by atoms with Crippen molar-refractivity contribution in [3.8, 4) is 0 Å². The van der Waals surface area contributed by atoms with Crippen LogP contribution < -0.4 is 0 Å². The topological polar surface area (TPSA) is 20.3 Å². The molecule has 1 aliphatic rings. The summed E-state index contributed by atoms with van der Waals surface area (Å²) in [6.45, 7) is 9.90. The van der Waals surface area contributed by atoms with E-state index in [2.05, 4.69) is 44.7 Å². The lowest BCUT2D eigenvalue weighted by molar-refractivity contribution is -0.132. The van der Waals surface area contributed by atoms with E-state index in [0.29, 0.717) is 23.7 Å². The summed E-state index contributed by atoms with van der Waals surface area (Å²) in [4.78, 5) is 14.5. The Labute approximate surface area is 123 Å². The highest BCUT2D eigenvalue weighted by Crippen LogP contribution is 2.36. The normalized spacial score (nSPS) is 22.5. The second-order valence-corrected chi connectivity index (χ2v) is 7.06. The van der Waals surface area contributed by atoms with Crippen molar-refractivity contribution in [3.05, 3.63) is 35.9 Å². The highest BCUT2D eigenvalue weighted by atomic mass is 16.2. The number of carbonyl (C=O) groups is 1. The first kappa shape index (κ1) is 15.1. The molecule has 0 aliphatic carbocycles. The molecule has 0 bridgehead atoms. The van der Waals surface area contributed by atoms with Crippen LogP contribution >= 0.6 is 0 Å². The Morgan fingerprint density at radius 1 is 1.15 bits per heavy atom. The van der Waals surface area contributed by atoms with E-state index in [4.69, 9.17) is 0 Å². The fourth-order valence-electron chi connectivity index (χ4n) is 3.19. The molecule has 20 heavy (non-hydrogen) atoms. The van der Waals surface area contributed by atoms with E-state index in [1.165, 1.54) is 5.56 Å². The Bertz CT molecular complexity index is 446. The van der Waals surface area contributed by atoms with Gasteiger partial charge in [-0.05, 0) is 36.7 Å².